The minimum atomic E-state index is -3.76. The molecule has 2 aromatic carbocycles. The fraction of sp³-hybridized carbons (Fsp3) is 0.167. The second-order valence-electron chi connectivity index (χ2n) is 5.76. The third-order valence-corrected chi connectivity index (χ3v) is 6.24. The Morgan fingerprint density at radius 1 is 1.15 bits per heavy atom. The molecule has 0 fully saturated rings. The first-order valence-electron chi connectivity index (χ1n) is 7.88. The number of thiophene rings is 1. The molecule has 6 nitrogen and oxygen atoms in total. The molecule has 8 heteroatoms. The summed E-state index contributed by atoms with van der Waals surface area (Å²) < 4.78 is 28.3. The number of carbonyl (C=O) groups excluding carboxylic acids is 1. The monoisotopic (exact) mass is 390 g/mol. The van der Waals surface area contributed by atoms with E-state index in [2.05, 4.69) is 10.0 Å². The summed E-state index contributed by atoms with van der Waals surface area (Å²) in [4.78, 5) is 11.1. The molecule has 0 aliphatic heterocycles. The van der Waals surface area contributed by atoms with Crippen LogP contribution in [0, 0.1) is 0 Å². The Labute approximate surface area is 155 Å². The largest absolute Gasteiger partial charge is 0.387 e. The summed E-state index contributed by atoms with van der Waals surface area (Å²) in [5.41, 5.74) is 1.22. The molecule has 3 N–H and O–H groups in total. The van der Waals surface area contributed by atoms with Crippen molar-refractivity contribution in [1.29, 1.82) is 0 Å². The summed E-state index contributed by atoms with van der Waals surface area (Å²) in [6.07, 6.45) is -0.945. The van der Waals surface area contributed by atoms with Crippen LogP contribution in [0.15, 0.2) is 58.8 Å². The van der Waals surface area contributed by atoms with E-state index >= 15 is 0 Å². The Morgan fingerprint density at radius 2 is 1.85 bits per heavy atom. The normalized spacial score (nSPS) is 12.8. The van der Waals surface area contributed by atoms with Crippen molar-refractivity contribution >= 4 is 43.0 Å². The summed E-state index contributed by atoms with van der Waals surface area (Å²) in [5.74, 6) is -0.232. The Bertz CT molecular complexity index is 1030. The lowest BCUT2D eigenvalue weighted by molar-refractivity contribution is -0.114. The van der Waals surface area contributed by atoms with Gasteiger partial charge in [0, 0.05) is 29.4 Å². The van der Waals surface area contributed by atoms with Gasteiger partial charge in [-0.2, -0.15) is 0 Å². The van der Waals surface area contributed by atoms with E-state index in [0.717, 1.165) is 10.1 Å². The van der Waals surface area contributed by atoms with E-state index in [-0.39, 0.29) is 17.3 Å². The van der Waals surface area contributed by atoms with Crippen molar-refractivity contribution in [2.45, 2.75) is 17.9 Å². The molecule has 0 saturated heterocycles. The third-order valence-electron chi connectivity index (χ3n) is 3.82. The van der Waals surface area contributed by atoms with Crippen LogP contribution in [0.3, 0.4) is 0 Å². The fourth-order valence-corrected chi connectivity index (χ4v) is 4.61. The standard InChI is InChI=1S/C18H18N2O4S2/c1-12(21)20-13-6-8-14(9-7-13)26(23,24)19-10-17(22)16-11-25-18-5-3-2-4-15(16)18/h2-9,11,17,19,22H,10H2,1H3,(H,20,21)/t17-/m1/s1. The average Bonchev–Trinajstić information content (AvgIpc) is 3.04. The van der Waals surface area contributed by atoms with Gasteiger partial charge in [-0.15, -0.1) is 11.3 Å². The number of hydrogen-bond acceptors (Lipinski definition) is 5. The Kier molecular flexibility index (Phi) is 5.38. The minimum absolute atomic E-state index is 0.0639. The van der Waals surface area contributed by atoms with Gasteiger partial charge in [0.15, 0.2) is 0 Å². The van der Waals surface area contributed by atoms with Crippen LogP contribution in [-0.2, 0) is 14.8 Å². The lowest BCUT2D eigenvalue weighted by Crippen LogP contribution is -2.28. The Morgan fingerprint density at radius 3 is 2.54 bits per heavy atom. The number of nitrogens with one attached hydrogen (secondary N) is 2. The number of carbonyl (C=O) groups is 1. The quantitative estimate of drug-likeness (QED) is 0.603. The highest BCUT2D eigenvalue weighted by Gasteiger charge is 2.18. The highest BCUT2D eigenvalue weighted by atomic mass is 32.2. The molecule has 1 heterocycles. The molecule has 0 unspecified atom stereocenters. The zero-order valence-electron chi connectivity index (χ0n) is 14.0. The van der Waals surface area contributed by atoms with Crippen molar-refractivity contribution in [2.75, 3.05) is 11.9 Å². The second-order valence-corrected chi connectivity index (χ2v) is 8.44. The summed E-state index contributed by atoms with van der Waals surface area (Å²) in [6.45, 7) is 1.25. The number of sulfonamides is 1. The maximum absolute atomic E-state index is 12.4. The Balaban J connectivity index is 1.70. The molecule has 1 amide bonds. The zero-order valence-corrected chi connectivity index (χ0v) is 15.6. The van der Waals surface area contributed by atoms with Gasteiger partial charge in [0.25, 0.3) is 0 Å². The molecule has 0 saturated carbocycles. The van der Waals surface area contributed by atoms with Gasteiger partial charge in [-0.05, 0) is 41.1 Å². The smallest absolute Gasteiger partial charge is 0.240 e. The molecule has 1 atom stereocenters. The van der Waals surface area contributed by atoms with Crippen molar-refractivity contribution in [2.24, 2.45) is 0 Å². The minimum Gasteiger partial charge on any atom is -0.387 e. The predicted molar refractivity (Wildman–Crippen MR) is 103 cm³/mol. The van der Waals surface area contributed by atoms with E-state index in [1.165, 1.54) is 42.5 Å². The van der Waals surface area contributed by atoms with Crippen molar-refractivity contribution in [3.8, 4) is 0 Å². The van der Waals surface area contributed by atoms with Crippen molar-refractivity contribution < 1.29 is 18.3 Å². The number of anilines is 1. The van der Waals surface area contributed by atoms with Crippen LogP contribution in [0.5, 0.6) is 0 Å². The van der Waals surface area contributed by atoms with E-state index in [9.17, 15) is 18.3 Å². The molecule has 3 rings (SSSR count). The van der Waals surface area contributed by atoms with Gasteiger partial charge in [0.1, 0.15) is 0 Å². The van der Waals surface area contributed by atoms with Crippen molar-refractivity contribution in [3.63, 3.8) is 0 Å². The molecule has 0 aliphatic rings. The van der Waals surface area contributed by atoms with Crippen LogP contribution in [0.1, 0.15) is 18.6 Å². The number of rotatable bonds is 6. The van der Waals surface area contributed by atoms with Gasteiger partial charge in [0.2, 0.25) is 15.9 Å². The zero-order chi connectivity index (χ0) is 18.7. The number of amides is 1. The lowest BCUT2D eigenvalue weighted by Gasteiger charge is -2.12. The molecular formula is C18H18N2O4S2. The molecule has 1 aromatic heterocycles. The van der Waals surface area contributed by atoms with Crippen LogP contribution in [0.25, 0.3) is 10.1 Å². The van der Waals surface area contributed by atoms with Crippen LogP contribution in [0.2, 0.25) is 0 Å². The summed E-state index contributed by atoms with van der Waals surface area (Å²) in [5, 5.41) is 15.7. The van der Waals surface area contributed by atoms with Crippen molar-refractivity contribution in [3.05, 3.63) is 59.5 Å². The molecule has 3 aromatic rings. The first kappa shape index (κ1) is 18.5. The first-order valence-corrected chi connectivity index (χ1v) is 10.2. The van der Waals surface area contributed by atoms with Crippen LogP contribution < -0.4 is 10.0 Å². The molecule has 136 valence electrons. The highest BCUT2D eigenvalue weighted by molar-refractivity contribution is 7.89. The van der Waals surface area contributed by atoms with E-state index in [1.807, 2.05) is 29.6 Å². The van der Waals surface area contributed by atoms with Gasteiger partial charge in [-0.25, -0.2) is 13.1 Å². The van der Waals surface area contributed by atoms with E-state index in [4.69, 9.17) is 0 Å². The van der Waals surface area contributed by atoms with Crippen molar-refractivity contribution in [1.82, 2.24) is 4.72 Å². The third kappa shape index (κ3) is 4.10. The van der Waals surface area contributed by atoms with Gasteiger partial charge in [0.05, 0.1) is 11.0 Å². The second kappa shape index (κ2) is 7.55. The molecule has 26 heavy (non-hydrogen) atoms. The van der Waals surface area contributed by atoms with E-state index < -0.39 is 16.1 Å². The molecule has 0 bridgehead atoms. The van der Waals surface area contributed by atoms with E-state index in [0.29, 0.717) is 11.3 Å². The van der Waals surface area contributed by atoms with Gasteiger partial charge < -0.3 is 10.4 Å². The SMILES string of the molecule is CC(=O)Nc1ccc(S(=O)(=O)NC[C@@H](O)c2csc3ccccc23)cc1. The van der Waals surface area contributed by atoms with Gasteiger partial charge in [-0.3, -0.25) is 4.79 Å². The van der Waals surface area contributed by atoms with Crippen LogP contribution in [-0.4, -0.2) is 26.0 Å². The molecule has 0 aliphatic carbocycles. The fourth-order valence-electron chi connectivity index (χ4n) is 2.56. The molecule has 0 spiro atoms. The number of aliphatic hydroxyl groups excluding tert-OH is 1. The van der Waals surface area contributed by atoms with Gasteiger partial charge >= 0.3 is 0 Å². The first-order chi connectivity index (χ1) is 12.4. The number of hydrogen-bond donors (Lipinski definition) is 3. The Hall–Kier alpha value is -2.26. The maximum atomic E-state index is 12.4. The summed E-state index contributed by atoms with van der Waals surface area (Å²) in [6, 6.07) is 13.5. The lowest BCUT2D eigenvalue weighted by atomic mass is 10.1. The van der Waals surface area contributed by atoms with Crippen LogP contribution >= 0.6 is 11.3 Å². The number of fused-ring (bicyclic) bond motifs is 1. The average molecular weight is 390 g/mol. The molecule has 0 radical (unpaired) electrons. The highest BCUT2D eigenvalue weighted by Crippen LogP contribution is 2.30. The number of aliphatic hydroxyl groups is 1. The molecular weight excluding hydrogens is 372 g/mol. The van der Waals surface area contributed by atoms with Gasteiger partial charge in [-0.1, -0.05) is 18.2 Å². The topological polar surface area (TPSA) is 95.5 Å². The predicted octanol–water partition coefficient (Wildman–Crippen LogP) is 2.87. The van der Waals surface area contributed by atoms with E-state index in [1.54, 1.807) is 0 Å². The summed E-state index contributed by atoms with van der Waals surface area (Å²) in [7, 11) is -3.76. The maximum Gasteiger partial charge on any atom is 0.240 e. The van der Waals surface area contributed by atoms with Crippen LogP contribution in [0.4, 0.5) is 5.69 Å². The summed E-state index contributed by atoms with van der Waals surface area (Å²) >= 11 is 1.51. The number of benzene rings is 2.